The van der Waals surface area contributed by atoms with Crippen molar-refractivity contribution in [1.29, 1.82) is 0 Å². The first-order chi connectivity index (χ1) is 9.22. The predicted octanol–water partition coefficient (Wildman–Crippen LogP) is 2.44. The molecule has 0 aliphatic carbocycles. The molecule has 0 spiro atoms. The lowest BCUT2D eigenvalue weighted by atomic mass is 10.2. The number of nitrogens with two attached hydrogens (primary N) is 1. The monoisotopic (exact) mass is 259 g/mol. The van der Waals surface area contributed by atoms with Crippen LogP contribution in [0, 0.1) is 0 Å². The molecule has 0 saturated carbocycles. The maximum Gasteiger partial charge on any atom is 0.161 e. The van der Waals surface area contributed by atoms with Gasteiger partial charge in [0.1, 0.15) is 12.4 Å². The summed E-state index contributed by atoms with van der Waals surface area (Å²) in [6.07, 6.45) is 0. The minimum Gasteiger partial charge on any atom is -0.508 e. The molecule has 2 rings (SSSR count). The Kier molecular flexibility index (Phi) is 4.26. The molecule has 4 nitrogen and oxygen atoms in total. The van der Waals surface area contributed by atoms with Crippen LogP contribution in [0.15, 0.2) is 42.5 Å². The van der Waals surface area contributed by atoms with Crippen molar-refractivity contribution in [2.75, 3.05) is 7.11 Å². The summed E-state index contributed by atoms with van der Waals surface area (Å²) in [5.41, 5.74) is 7.46. The fourth-order valence-electron chi connectivity index (χ4n) is 1.77. The third-order valence-electron chi connectivity index (χ3n) is 2.77. The Morgan fingerprint density at radius 2 is 1.89 bits per heavy atom. The van der Waals surface area contributed by atoms with E-state index in [0.29, 0.717) is 24.7 Å². The average Bonchev–Trinajstić information content (AvgIpc) is 2.45. The van der Waals surface area contributed by atoms with Gasteiger partial charge in [0.25, 0.3) is 0 Å². The van der Waals surface area contributed by atoms with Crippen LogP contribution in [-0.4, -0.2) is 12.2 Å². The van der Waals surface area contributed by atoms with E-state index < -0.39 is 0 Å². The molecule has 2 aromatic rings. The molecule has 0 aromatic heterocycles. The van der Waals surface area contributed by atoms with E-state index in [1.54, 1.807) is 25.3 Å². The second-order valence-electron chi connectivity index (χ2n) is 4.15. The molecule has 0 radical (unpaired) electrons. The summed E-state index contributed by atoms with van der Waals surface area (Å²) in [6.45, 7) is 0.829. The quantitative estimate of drug-likeness (QED) is 0.865. The predicted molar refractivity (Wildman–Crippen MR) is 73.3 cm³/mol. The fourth-order valence-corrected chi connectivity index (χ4v) is 1.77. The van der Waals surface area contributed by atoms with Crippen LogP contribution in [0.3, 0.4) is 0 Å². The van der Waals surface area contributed by atoms with E-state index in [0.717, 1.165) is 11.1 Å². The summed E-state index contributed by atoms with van der Waals surface area (Å²) in [4.78, 5) is 0. The number of phenolic OH excluding ortho intramolecular Hbond substituents is 1. The number of ether oxygens (including phenoxy) is 2. The fraction of sp³-hybridized carbons (Fsp3) is 0.200. The summed E-state index contributed by atoms with van der Waals surface area (Å²) in [5, 5.41) is 9.39. The smallest absolute Gasteiger partial charge is 0.161 e. The van der Waals surface area contributed by atoms with Gasteiger partial charge in [-0.1, -0.05) is 18.2 Å². The third-order valence-corrected chi connectivity index (χ3v) is 2.77. The number of aromatic hydroxyl groups is 1. The van der Waals surface area contributed by atoms with Crippen LogP contribution in [0.2, 0.25) is 0 Å². The molecule has 0 atom stereocenters. The van der Waals surface area contributed by atoms with E-state index >= 15 is 0 Å². The van der Waals surface area contributed by atoms with Crippen LogP contribution >= 0.6 is 0 Å². The van der Waals surface area contributed by atoms with Crippen molar-refractivity contribution in [3.8, 4) is 17.2 Å². The van der Waals surface area contributed by atoms with E-state index in [2.05, 4.69) is 0 Å². The van der Waals surface area contributed by atoms with E-state index in [1.807, 2.05) is 24.3 Å². The van der Waals surface area contributed by atoms with Crippen molar-refractivity contribution < 1.29 is 14.6 Å². The first-order valence-electron chi connectivity index (χ1n) is 6.00. The highest BCUT2D eigenvalue weighted by atomic mass is 16.5. The summed E-state index contributed by atoms with van der Waals surface area (Å²) in [7, 11) is 1.59. The van der Waals surface area contributed by atoms with E-state index in [-0.39, 0.29) is 5.75 Å². The van der Waals surface area contributed by atoms with Crippen molar-refractivity contribution in [3.05, 3.63) is 53.6 Å². The largest absolute Gasteiger partial charge is 0.508 e. The summed E-state index contributed by atoms with van der Waals surface area (Å²) >= 11 is 0. The van der Waals surface area contributed by atoms with Crippen molar-refractivity contribution >= 4 is 0 Å². The Labute approximate surface area is 112 Å². The Balaban J connectivity index is 2.11. The van der Waals surface area contributed by atoms with Crippen LogP contribution in [0.1, 0.15) is 11.1 Å². The summed E-state index contributed by atoms with van der Waals surface area (Å²) in [6, 6.07) is 12.6. The zero-order chi connectivity index (χ0) is 13.7. The molecular weight excluding hydrogens is 242 g/mol. The summed E-state index contributed by atoms with van der Waals surface area (Å²) < 4.78 is 11.0. The molecule has 2 aromatic carbocycles. The SMILES string of the molecule is COc1cc(CN)ccc1OCc1cccc(O)c1. The lowest BCUT2D eigenvalue weighted by Crippen LogP contribution is -2.00. The van der Waals surface area contributed by atoms with Gasteiger partial charge in [0.05, 0.1) is 7.11 Å². The van der Waals surface area contributed by atoms with E-state index in [1.165, 1.54) is 0 Å². The molecule has 0 saturated heterocycles. The van der Waals surface area contributed by atoms with Gasteiger partial charge in [-0.25, -0.2) is 0 Å². The number of phenols is 1. The van der Waals surface area contributed by atoms with Gasteiger partial charge < -0.3 is 20.3 Å². The zero-order valence-electron chi connectivity index (χ0n) is 10.8. The van der Waals surface area contributed by atoms with Crippen LogP contribution in [0.5, 0.6) is 17.2 Å². The highest BCUT2D eigenvalue weighted by Crippen LogP contribution is 2.28. The van der Waals surface area contributed by atoms with Crippen LogP contribution < -0.4 is 15.2 Å². The summed E-state index contributed by atoms with van der Waals surface area (Å²) in [5.74, 6) is 1.54. The van der Waals surface area contributed by atoms with Gasteiger partial charge in [-0.15, -0.1) is 0 Å². The highest BCUT2D eigenvalue weighted by Gasteiger charge is 2.05. The molecule has 0 amide bonds. The number of hydrogen-bond acceptors (Lipinski definition) is 4. The molecular formula is C15H17NO3. The molecule has 100 valence electrons. The standard InChI is InChI=1S/C15H17NO3/c1-18-15-8-11(9-16)5-6-14(15)19-10-12-3-2-4-13(17)7-12/h2-8,17H,9-10,16H2,1H3. The zero-order valence-corrected chi connectivity index (χ0v) is 10.8. The first kappa shape index (κ1) is 13.2. The molecule has 0 unspecified atom stereocenters. The van der Waals surface area contributed by atoms with E-state index in [4.69, 9.17) is 15.2 Å². The minimum absolute atomic E-state index is 0.228. The Morgan fingerprint density at radius 1 is 1.05 bits per heavy atom. The van der Waals surface area contributed by atoms with E-state index in [9.17, 15) is 5.11 Å². The molecule has 0 fully saturated rings. The second kappa shape index (κ2) is 6.11. The maximum absolute atomic E-state index is 9.39. The van der Waals surface area contributed by atoms with Crippen molar-refractivity contribution in [1.82, 2.24) is 0 Å². The van der Waals surface area contributed by atoms with Gasteiger partial charge in [-0.2, -0.15) is 0 Å². The van der Waals surface area contributed by atoms with Gasteiger partial charge in [-0.3, -0.25) is 0 Å². The molecule has 0 heterocycles. The molecule has 3 N–H and O–H groups in total. The first-order valence-corrected chi connectivity index (χ1v) is 6.00. The lowest BCUT2D eigenvalue weighted by molar-refractivity contribution is 0.284. The van der Waals surface area contributed by atoms with Crippen molar-refractivity contribution in [2.45, 2.75) is 13.2 Å². The van der Waals surface area contributed by atoms with Crippen LogP contribution in [0.25, 0.3) is 0 Å². The minimum atomic E-state index is 0.228. The van der Waals surface area contributed by atoms with Crippen LogP contribution in [0.4, 0.5) is 0 Å². The van der Waals surface area contributed by atoms with Crippen molar-refractivity contribution in [2.24, 2.45) is 5.73 Å². The maximum atomic E-state index is 9.39. The highest BCUT2D eigenvalue weighted by molar-refractivity contribution is 5.43. The lowest BCUT2D eigenvalue weighted by Gasteiger charge is -2.12. The number of hydrogen-bond donors (Lipinski definition) is 2. The molecule has 0 aliphatic rings. The third kappa shape index (κ3) is 3.39. The topological polar surface area (TPSA) is 64.7 Å². The molecule has 0 bridgehead atoms. The van der Waals surface area contributed by atoms with Gasteiger partial charge in [0.2, 0.25) is 0 Å². The molecule has 4 heteroatoms. The number of benzene rings is 2. The number of rotatable bonds is 5. The molecule has 0 aliphatic heterocycles. The van der Waals surface area contributed by atoms with Gasteiger partial charge in [-0.05, 0) is 35.4 Å². The van der Waals surface area contributed by atoms with Crippen molar-refractivity contribution in [3.63, 3.8) is 0 Å². The van der Waals surface area contributed by atoms with Gasteiger partial charge in [0.15, 0.2) is 11.5 Å². The van der Waals surface area contributed by atoms with Gasteiger partial charge in [0, 0.05) is 6.54 Å². The Bertz CT molecular complexity index is 555. The number of methoxy groups -OCH3 is 1. The average molecular weight is 259 g/mol. The normalized spacial score (nSPS) is 10.2. The Morgan fingerprint density at radius 3 is 2.58 bits per heavy atom. The molecule has 19 heavy (non-hydrogen) atoms. The van der Waals surface area contributed by atoms with Crippen LogP contribution in [-0.2, 0) is 13.2 Å². The second-order valence-corrected chi connectivity index (χ2v) is 4.15. The Hall–Kier alpha value is -2.20. The van der Waals surface area contributed by atoms with Gasteiger partial charge >= 0.3 is 0 Å².